The maximum atomic E-state index is 4.80. The van der Waals surface area contributed by atoms with Crippen molar-refractivity contribution in [3.63, 3.8) is 0 Å². The molecule has 0 amide bonds. The number of aliphatic imine (C=N–C) groups is 1. The Labute approximate surface area is 125 Å². The maximum absolute atomic E-state index is 4.80. The zero-order valence-corrected chi connectivity index (χ0v) is 12.8. The van der Waals surface area contributed by atoms with E-state index in [2.05, 4.69) is 58.9 Å². The number of rotatable bonds is 5. The molecule has 1 atom stereocenters. The van der Waals surface area contributed by atoms with Gasteiger partial charge in [-0.15, -0.1) is 0 Å². The molecule has 5 heteroatoms. The van der Waals surface area contributed by atoms with Crippen molar-refractivity contribution in [3.05, 3.63) is 53.4 Å². The lowest BCUT2D eigenvalue weighted by Crippen LogP contribution is -2.38. The highest BCUT2D eigenvalue weighted by Crippen LogP contribution is 2.13. The SMILES string of the molecule is CCc1ccc(C(C)NC(=NC)NCc2ccon2)cc1. The minimum atomic E-state index is 0.180. The molecule has 1 aromatic heterocycles. The molecule has 1 unspecified atom stereocenters. The summed E-state index contributed by atoms with van der Waals surface area (Å²) in [7, 11) is 1.75. The van der Waals surface area contributed by atoms with Gasteiger partial charge in [0.2, 0.25) is 0 Å². The van der Waals surface area contributed by atoms with Gasteiger partial charge in [-0.3, -0.25) is 4.99 Å². The summed E-state index contributed by atoms with van der Waals surface area (Å²) in [6, 6.07) is 10.6. The van der Waals surface area contributed by atoms with Crippen LogP contribution in [0.5, 0.6) is 0 Å². The quantitative estimate of drug-likeness (QED) is 0.655. The molecular formula is C16H22N4O. The van der Waals surface area contributed by atoms with Crippen molar-refractivity contribution in [3.8, 4) is 0 Å². The number of hydrogen-bond acceptors (Lipinski definition) is 3. The van der Waals surface area contributed by atoms with Gasteiger partial charge in [-0.2, -0.15) is 0 Å². The molecule has 1 heterocycles. The fraction of sp³-hybridized carbons (Fsp3) is 0.375. The minimum absolute atomic E-state index is 0.180. The molecule has 0 saturated heterocycles. The van der Waals surface area contributed by atoms with Crippen LogP contribution < -0.4 is 10.6 Å². The maximum Gasteiger partial charge on any atom is 0.191 e. The highest BCUT2D eigenvalue weighted by Gasteiger charge is 2.08. The van der Waals surface area contributed by atoms with Gasteiger partial charge >= 0.3 is 0 Å². The average molecular weight is 286 g/mol. The molecule has 0 radical (unpaired) electrons. The van der Waals surface area contributed by atoms with Crippen molar-refractivity contribution in [2.45, 2.75) is 32.9 Å². The fourth-order valence-corrected chi connectivity index (χ4v) is 2.03. The summed E-state index contributed by atoms with van der Waals surface area (Å²) >= 11 is 0. The fourth-order valence-electron chi connectivity index (χ4n) is 2.03. The van der Waals surface area contributed by atoms with E-state index >= 15 is 0 Å². The van der Waals surface area contributed by atoms with Crippen LogP contribution in [0.4, 0.5) is 0 Å². The number of guanidine groups is 1. The average Bonchev–Trinajstić information content (AvgIpc) is 3.04. The Morgan fingerprint density at radius 1 is 1.29 bits per heavy atom. The Morgan fingerprint density at radius 3 is 2.62 bits per heavy atom. The van der Waals surface area contributed by atoms with E-state index in [1.54, 1.807) is 13.3 Å². The Bertz CT molecular complexity index is 560. The molecule has 21 heavy (non-hydrogen) atoms. The first-order valence-corrected chi connectivity index (χ1v) is 7.18. The van der Waals surface area contributed by atoms with Crippen molar-refractivity contribution in [2.24, 2.45) is 4.99 Å². The van der Waals surface area contributed by atoms with E-state index in [0.29, 0.717) is 6.54 Å². The molecule has 112 valence electrons. The van der Waals surface area contributed by atoms with Crippen LogP contribution in [0, 0.1) is 0 Å². The van der Waals surface area contributed by atoms with Crippen LogP contribution in [0.25, 0.3) is 0 Å². The van der Waals surface area contributed by atoms with E-state index in [0.717, 1.165) is 18.1 Å². The molecule has 0 aliphatic carbocycles. The Balaban J connectivity index is 1.90. The van der Waals surface area contributed by atoms with E-state index in [9.17, 15) is 0 Å². The van der Waals surface area contributed by atoms with Crippen molar-refractivity contribution in [2.75, 3.05) is 7.05 Å². The number of nitrogens with one attached hydrogen (secondary N) is 2. The zero-order chi connectivity index (χ0) is 15.1. The second kappa shape index (κ2) is 7.47. The van der Waals surface area contributed by atoms with E-state index in [4.69, 9.17) is 4.52 Å². The van der Waals surface area contributed by atoms with E-state index in [-0.39, 0.29) is 6.04 Å². The minimum Gasteiger partial charge on any atom is -0.364 e. The summed E-state index contributed by atoms with van der Waals surface area (Å²) < 4.78 is 4.80. The van der Waals surface area contributed by atoms with Crippen molar-refractivity contribution < 1.29 is 4.52 Å². The van der Waals surface area contributed by atoms with Crippen molar-refractivity contribution in [1.82, 2.24) is 15.8 Å². The van der Waals surface area contributed by atoms with Crippen LogP contribution >= 0.6 is 0 Å². The highest BCUT2D eigenvalue weighted by atomic mass is 16.5. The predicted molar refractivity (Wildman–Crippen MR) is 84.1 cm³/mol. The van der Waals surface area contributed by atoms with E-state index < -0.39 is 0 Å². The summed E-state index contributed by atoms with van der Waals surface area (Å²) in [5.41, 5.74) is 3.42. The first-order valence-electron chi connectivity index (χ1n) is 7.18. The normalized spacial score (nSPS) is 13.0. The smallest absolute Gasteiger partial charge is 0.191 e. The van der Waals surface area contributed by atoms with Crippen LogP contribution in [0.1, 0.15) is 36.7 Å². The van der Waals surface area contributed by atoms with Gasteiger partial charge in [0, 0.05) is 13.1 Å². The van der Waals surface area contributed by atoms with Crippen molar-refractivity contribution in [1.29, 1.82) is 0 Å². The topological polar surface area (TPSA) is 62.5 Å². The molecule has 0 aliphatic heterocycles. The van der Waals surface area contributed by atoms with Gasteiger partial charge < -0.3 is 15.2 Å². The summed E-state index contributed by atoms with van der Waals surface area (Å²) in [5.74, 6) is 0.741. The molecule has 0 bridgehead atoms. The third-order valence-corrected chi connectivity index (χ3v) is 3.39. The molecule has 0 fully saturated rings. The third-order valence-electron chi connectivity index (χ3n) is 3.39. The Morgan fingerprint density at radius 2 is 2.05 bits per heavy atom. The summed E-state index contributed by atoms with van der Waals surface area (Å²) in [6.45, 7) is 4.86. The second-order valence-corrected chi connectivity index (χ2v) is 4.88. The molecule has 0 saturated carbocycles. The predicted octanol–water partition coefficient (Wildman–Crippen LogP) is 2.66. The molecule has 1 aromatic carbocycles. The van der Waals surface area contributed by atoms with Crippen LogP contribution in [0.2, 0.25) is 0 Å². The van der Waals surface area contributed by atoms with Gasteiger partial charge in [-0.25, -0.2) is 0 Å². The monoisotopic (exact) mass is 286 g/mol. The summed E-state index contributed by atoms with van der Waals surface area (Å²) in [6.07, 6.45) is 2.62. The largest absolute Gasteiger partial charge is 0.364 e. The highest BCUT2D eigenvalue weighted by molar-refractivity contribution is 5.80. The van der Waals surface area contributed by atoms with Gasteiger partial charge in [-0.1, -0.05) is 36.3 Å². The first-order chi connectivity index (χ1) is 10.2. The molecule has 5 nitrogen and oxygen atoms in total. The standard InChI is InChI=1S/C16H22N4O/c1-4-13-5-7-14(8-6-13)12(2)19-16(17-3)18-11-15-9-10-21-20-15/h5-10,12H,4,11H2,1-3H3,(H2,17,18,19). The van der Waals surface area contributed by atoms with Crippen LogP contribution in [-0.2, 0) is 13.0 Å². The number of hydrogen-bond donors (Lipinski definition) is 2. The van der Waals surface area contributed by atoms with Crippen LogP contribution in [-0.4, -0.2) is 18.2 Å². The van der Waals surface area contributed by atoms with E-state index in [1.165, 1.54) is 11.1 Å². The molecule has 2 rings (SSSR count). The lowest BCUT2D eigenvalue weighted by atomic mass is 10.1. The number of aromatic nitrogens is 1. The summed E-state index contributed by atoms with van der Waals surface area (Å²) in [4.78, 5) is 4.22. The number of benzene rings is 1. The van der Waals surface area contributed by atoms with E-state index in [1.807, 2.05) is 6.07 Å². The molecular weight excluding hydrogens is 264 g/mol. The first kappa shape index (κ1) is 15.1. The molecule has 0 spiro atoms. The second-order valence-electron chi connectivity index (χ2n) is 4.88. The Kier molecular flexibility index (Phi) is 5.37. The van der Waals surface area contributed by atoms with Gasteiger partial charge in [0.1, 0.15) is 12.0 Å². The number of aryl methyl sites for hydroxylation is 1. The third kappa shape index (κ3) is 4.34. The molecule has 0 aliphatic rings. The van der Waals surface area contributed by atoms with Crippen molar-refractivity contribution >= 4 is 5.96 Å². The lowest BCUT2D eigenvalue weighted by Gasteiger charge is -2.18. The zero-order valence-electron chi connectivity index (χ0n) is 12.8. The van der Waals surface area contributed by atoms with Gasteiger partial charge in [0.05, 0.1) is 12.6 Å². The summed E-state index contributed by atoms with van der Waals surface area (Å²) in [5, 5.41) is 10.4. The number of nitrogens with zero attached hydrogens (tertiary/aromatic N) is 2. The van der Waals surface area contributed by atoms with Crippen LogP contribution in [0.15, 0.2) is 46.1 Å². The molecule has 2 N–H and O–H groups in total. The van der Waals surface area contributed by atoms with Gasteiger partial charge in [-0.05, 0) is 24.5 Å². The van der Waals surface area contributed by atoms with Gasteiger partial charge in [0.15, 0.2) is 5.96 Å². The lowest BCUT2D eigenvalue weighted by molar-refractivity contribution is 0.410. The van der Waals surface area contributed by atoms with Gasteiger partial charge in [0.25, 0.3) is 0 Å². The molecule has 2 aromatic rings. The van der Waals surface area contributed by atoms with Crippen LogP contribution in [0.3, 0.4) is 0 Å². The Hall–Kier alpha value is -2.30.